The molecule has 1 heterocycles. The zero-order valence-corrected chi connectivity index (χ0v) is 19.7. The maximum atomic E-state index is 13.5. The van der Waals surface area contributed by atoms with Crippen LogP contribution in [0.2, 0.25) is 0 Å². The summed E-state index contributed by atoms with van der Waals surface area (Å²) >= 11 is 0. The molecule has 2 aromatic carbocycles. The molecule has 3 rings (SSSR count). The monoisotopic (exact) mass is 476 g/mol. The molecular weight excluding hydrogens is 448 g/mol. The predicted octanol–water partition coefficient (Wildman–Crippen LogP) is 2.71. The smallest absolute Gasteiger partial charge is 0.328 e. The topological polar surface area (TPSA) is 106 Å². The molecule has 0 bridgehead atoms. The Morgan fingerprint density at radius 2 is 1.76 bits per heavy atom. The van der Waals surface area contributed by atoms with E-state index in [0.717, 1.165) is 17.5 Å². The van der Waals surface area contributed by atoms with Crippen LogP contribution in [0.1, 0.15) is 12.5 Å². The van der Waals surface area contributed by atoms with Crippen LogP contribution in [0.25, 0.3) is 6.08 Å². The Balaban J connectivity index is 1.89. The zero-order valence-electron chi connectivity index (χ0n) is 18.9. The molecule has 1 fully saturated rings. The van der Waals surface area contributed by atoms with Gasteiger partial charge >= 0.3 is 5.97 Å². The van der Waals surface area contributed by atoms with Crippen molar-refractivity contribution in [2.24, 2.45) is 0 Å². The quantitative estimate of drug-likeness (QED) is 0.551. The van der Waals surface area contributed by atoms with Gasteiger partial charge in [0.25, 0.3) is 0 Å². The molecular formula is C23H28N2O7S. The fraction of sp³-hybridized carbons (Fsp3) is 0.348. The molecule has 33 heavy (non-hydrogen) atoms. The van der Waals surface area contributed by atoms with Gasteiger partial charge < -0.3 is 24.2 Å². The molecule has 0 aliphatic carbocycles. The van der Waals surface area contributed by atoms with E-state index in [0.29, 0.717) is 25.3 Å². The van der Waals surface area contributed by atoms with E-state index < -0.39 is 16.0 Å². The second-order valence-electron chi connectivity index (χ2n) is 7.22. The van der Waals surface area contributed by atoms with Gasteiger partial charge in [0.1, 0.15) is 10.6 Å². The van der Waals surface area contributed by atoms with E-state index in [9.17, 15) is 13.2 Å². The van der Waals surface area contributed by atoms with Crippen molar-refractivity contribution in [2.75, 3.05) is 51.9 Å². The van der Waals surface area contributed by atoms with Gasteiger partial charge in [-0.05, 0) is 42.8 Å². The van der Waals surface area contributed by atoms with Crippen LogP contribution in [-0.4, -0.2) is 70.8 Å². The van der Waals surface area contributed by atoms with Crippen LogP contribution in [0.3, 0.4) is 0 Å². The normalized spacial score (nSPS) is 14.9. The van der Waals surface area contributed by atoms with Crippen molar-refractivity contribution in [3.05, 3.63) is 48.0 Å². The van der Waals surface area contributed by atoms with Gasteiger partial charge in [-0.25, -0.2) is 13.2 Å². The lowest BCUT2D eigenvalue weighted by molar-refractivity contribution is -0.131. The number of anilines is 1. The summed E-state index contributed by atoms with van der Waals surface area (Å²) in [6, 6.07) is 10.6. The van der Waals surface area contributed by atoms with Crippen LogP contribution in [0.5, 0.6) is 17.2 Å². The molecule has 1 N–H and O–H groups in total. The van der Waals surface area contributed by atoms with Crippen LogP contribution in [0, 0.1) is 0 Å². The van der Waals surface area contributed by atoms with Crippen molar-refractivity contribution in [2.45, 2.75) is 11.8 Å². The van der Waals surface area contributed by atoms with E-state index in [4.69, 9.17) is 19.3 Å². The molecule has 10 heteroatoms. The van der Waals surface area contributed by atoms with Crippen LogP contribution in [-0.2, 0) is 14.8 Å². The summed E-state index contributed by atoms with van der Waals surface area (Å²) in [5, 5.41) is 8.92. The van der Waals surface area contributed by atoms with Gasteiger partial charge in [-0.3, -0.25) is 0 Å². The standard InChI is InChI=1S/C23H28N2O7S/c1-4-32-19-8-6-5-7-18(19)24-11-13-25(14-12-24)33(28,29)21-16-17(9-10-22(26)27)15-20(30-2)23(21)31-3/h5-10,15-16H,4,11-14H2,1-3H3,(H,26,27). The maximum Gasteiger partial charge on any atom is 0.328 e. The lowest BCUT2D eigenvalue weighted by Gasteiger charge is -2.36. The minimum absolute atomic E-state index is 0.0717. The third-order valence-corrected chi connectivity index (χ3v) is 7.15. The van der Waals surface area contributed by atoms with Crippen LogP contribution >= 0.6 is 0 Å². The molecule has 0 saturated carbocycles. The van der Waals surface area contributed by atoms with Gasteiger partial charge in [0.15, 0.2) is 11.5 Å². The average Bonchev–Trinajstić information content (AvgIpc) is 2.82. The number of carbonyl (C=O) groups is 1. The highest BCUT2D eigenvalue weighted by Crippen LogP contribution is 2.38. The number of ether oxygens (including phenoxy) is 3. The lowest BCUT2D eigenvalue weighted by atomic mass is 10.2. The van der Waals surface area contributed by atoms with E-state index in [1.54, 1.807) is 0 Å². The molecule has 178 valence electrons. The van der Waals surface area contributed by atoms with Crippen molar-refractivity contribution in [3.8, 4) is 17.2 Å². The molecule has 0 amide bonds. The Bertz CT molecular complexity index is 1120. The summed E-state index contributed by atoms with van der Waals surface area (Å²) in [5.41, 5.74) is 1.30. The first kappa shape index (κ1) is 24.4. The predicted molar refractivity (Wildman–Crippen MR) is 125 cm³/mol. The SMILES string of the molecule is CCOc1ccccc1N1CCN(S(=O)(=O)c2cc(C=CC(=O)O)cc(OC)c2OC)CC1. The molecule has 2 aromatic rings. The fourth-order valence-corrected chi connectivity index (χ4v) is 5.33. The summed E-state index contributed by atoms with van der Waals surface area (Å²) in [4.78, 5) is 12.9. The van der Waals surface area contributed by atoms with E-state index >= 15 is 0 Å². The van der Waals surface area contributed by atoms with Crippen molar-refractivity contribution in [3.63, 3.8) is 0 Å². The van der Waals surface area contributed by atoms with E-state index in [1.165, 1.54) is 36.7 Å². The lowest BCUT2D eigenvalue weighted by Crippen LogP contribution is -2.48. The number of carboxylic acids is 1. The molecule has 1 aliphatic rings. The number of benzene rings is 2. The van der Waals surface area contributed by atoms with Crippen molar-refractivity contribution in [1.82, 2.24) is 4.31 Å². The minimum atomic E-state index is -3.94. The number of aliphatic carboxylic acids is 1. The van der Waals surface area contributed by atoms with E-state index in [2.05, 4.69) is 4.90 Å². The van der Waals surface area contributed by atoms with Crippen molar-refractivity contribution in [1.29, 1.82) is 0 Å². The van der Waals surface area contributed by atoms with Gasteiger partial charge in [-0.15, -0.1) is 0 Å². The van der Waals surface area contributed by atoms with Crippen LogP contribution in [0.15, 0.2) is 47.4 Å². The number of sulfonamides is 1. The number of methoxy groups -OCH3 is 2. The first-order chi connectivity index (χ1) is 15.8. The number of carboxylic acid groups (broad SMARTS) is 1. The van der Waals surface area contributed by atoms with Gasteiger partial charge in [-0.1, -0.05) is 12.1 Å². The van der Waals surface area contributed by atoms with Crippen LogP contribution < -0.4 is 19.1 Å². The summed E-state index contributed by atoms with van der Waals surface area (Å²) in [6.07, 6.45) is 2.25. The maximum absolute atomic E-state index is 13.5. The molecule has 0 radical (unpaired) electrons. The summed E-state index contributed by atoms with van der Waals surface area (Å²) in [5.74, 6) is -0.0970. The number of piperazine rings is 1. The summed E-state index contributed by atoms with van der Waals surface area (Å²) in [7, 11) is -1.17. The van der Waals surface area contributed by atoms with Crippen molar-refractivity contribution >= 4 is 27.8 Å². The Morgan fingerprint density at radius 3 is 2.36 bits per heavy atom. The summed E-state index contributed by atoms with van der Waals surface area (Å²) in [6.45, 7) is 3.97. The van der Waals surface area contributed by atoms with E-state index in [1.807, 2.05) is 31.2 Å². The average molecular weight is 477 g/mol. The van der Waals surface area contributed by atoms with Gasteiger partial charge in [-0.2, -0.15) is 4.31 Å². The van der Waals surface area contributed by atoms with Gasteiger partial charge in [0.2, 0.25) is 10.0 Å². The second kappa shape index (κ2) is 10.6. The highest BCUT2D eigenvalue weighted by molar-refractivity contribution is 7.89. The van der Waals surface area contributed by atoms with Gasteiger partial charge in [0, 0.05) is 32.3 Å². The summed E-state index contributed by atoms with van der Waals surface area (Å²) < 4.78 is 44.9. The first-order valence-corrected chi connectivity index (χ1v) is 11.9. The number of rotatable bonds is 9. The van der Waals surface area contributed by atoms with Gasteiger partial charge in [0.05, 0.1) is 26.5 Å². The Kier molecular flexibility index (Phi) is 7.83. The number of nitrogens with zero attached hydrogens (tertiary/aromatic N) is 2. The Hall–Kier alpha value is -3.24. The number of hydrogen-bond acceptors (Lipinski definition) is 7. The first-order valence-electron chi connectivity index (χ1n) is 10.5. The molecule has 1 aliphatic heterocycles. The third-order valence-electron chi connectivity index (χ3n) is 5.25. The molecule has 0 unspecified atom stereocenters. The molecule has 0 aromatic heterocycles. The number of para-hydroxylation sites is 2. The van der Waals surface area contributed by atoms with E-state index in [-0.39, 0.29) is 29.5 Å². The molecule has 9 nitrogen and oxygen atoms in total. The Morgan fingerprint density at radius 1 is 1.06 bits per heavy atom. The van der Waals surface area contributed by atoms with Crippen LogP contribution in [0.4, 0.5) is 5.69 Å². The second-order valence-corrected chi connectivity index (χ2v) is 9.12. The largest absolute Gasteiger partial charge is 0.493 e. The van der Waals surface area contributed by atoms with Crippen molar-refractivity contribution < 1.29 is 32.5 Å². The molecule has 1 saturated heterocycles. The molecule has 0 spiro atoms. The zero-order chi connectivity index (χ0) is 24.0. The third kappa shape index (κ3) is 5.40. The highest BCUT2D eigenvalue weighted by atomic mass is 32.2. The number of hydrogen-bond donors (Lipinski definition) is 1. The highest BCUT2D eigenvalue weighted by Gasteiger charge is 2.33. The molecule has 0 atom stereocenters. The minimum Gasteiger partial charge on any atom is -0.493 e. The fourth-order valence-electron chi connectivity index (χ4n) is 3.71. The Labute approximate surface area is 193 Å².